The molecule has 7 aromatic rings. The van der Waals surface area contributed by atoms with Crippen LogP contribution in [-0.2, 0) is 5.41 Å². The lowest BCUT2D eigenvalue weighted by molar-refractivity contribution is 0.684. The van der Waals surface area contributed by atoms with Gasteiger partial charge in [-0.1, -0.05) is 176 Å². The summed E-state index contributed by atoms with van der Waals surface area (Å²) in [6, 6.07) is 62.6. The van der Waals surface area contributed by atoms with E-state index in [1.165, 1.54) is 66.7 Å². The fourth-order valence-corrected chi connectivity index (χ4v) is 8.89. The number of rotatable bonds is 5. The Morgan fingerprint density at radius 3 is 2.00 bits per heavy atom. The fraction of sp³-hybridized carbons (Fsp3) is 0.0612. The molecule has 236 valence electrons. The van der Waals surface area contributed by atoms with Crippen molar-refractivity contribution in [3.8, 4) is 11.1 Å². The van der Waals surface area contributed by atoms with Gasteiger partial charge in [0.05, 0.1) is 11.1 Å². The lowest BCUT2D eigenvalue weighted by Gasteiger charge is -2.36. The third-order valence-electron chi connectivity index (χ3n) is 11.1. The number of anilines is 2. The Kier molecular flexibility index (Phi) is 6.60. The molecule has 3 aliphatic carbocycles. The van der Waals surface area contributed by atoms with Crippen LogP contribution in [0.15, 0.2) is 200 Å². The lowest BCUT2D eigenvalue weighted by Crippen LogP contribution is -2.29. The largest absolute Gasteiger partial charge is 0.310 e. The first kappa shape index (κ1) is 28.8. The number of nitrogens with zero attached hydrogens (tertiary/aromatic N) is 1. The van der Waals surface area contributed by atoms with E-state index in [9.17, 15) is 0 Å². The molecule has 1 heteroatoms. The second kappa shape index (κ2) is 11.5. The lowest BCUT2D eigenvalue weighted by atomic mass is 9.67. The van der Waals surface area contributed by atoms with Crippen molar-refractivity contribution in [3.63, 3.8) is 0 Å². The van der Waals surface area contributed by atoms with Gasteiger partial charge in [-0.05, 0) is 74.2 Å². The predicted molar refractivity (Wildman–Crippen MR) is 209 cm³/mol. The topological polar surface area (TPSA) is 3.24 Å². The molecule has 0 heterocycles. The van der Waals surface area contributed by atoms with Crippen LogP contribution >= 0.6 is 0 Å². The fourth-order valence-electron chi connectivity index (χ4n) is 8.89. The van der Waals surface area contributed by atoms with E-state index in [1.54, 1.807) is 0 Å². The van der Waals surface area contributed by atoms with E-state index >= 15 is 0 Å². The molecule has 7 aromatic carbocycles. The molecule has 0 aliphatic heterocycles. The summed E-state index contributed by atoms with van der Waals surface area (Å²) >= 11 is 0. The molecule has 1 nitrogen and oxygen atoms in total. The van der Waals surface area contributed by atoms with Crippen LogP contribution in [0.25, 0.3) is 28.0 Å². The second-order valence-electron chi connectivity index (χ2n) is 13.6. The van der Waals surface area contributed by atoms with Crippen LogP contribution in [-0.4, -0.2) is 0 Å². The SMILES string of the molecule is C1=CC2C=Cc3ccccc3C2C=C1N(c1ccc2c(c1)C(c1ccccc1)(c1ccccc1)c1ccccc1-2)c1cccc2ccccc12. The zero-order valence-corrected chi connectivity index (χ0v) is 27.7. The average molecular weight is 638 g/mol. The Bertz CT molecular complexity index is 2460. The molecule has 0 aromatic heterocycles. The highest BCUT2D eigenvalue weighted by atomic mass is 15.1. The van der Waals surface area contributed by atoms with Crippen molar-refractivity contribution in [3.05, 3.63) is 233 Å². The molecule has 0 N–H and O–H groups in total. The van der Waals surface area contributed by atoms with Crippen LogP contribution in [0.5, 0.6) is 0 Å². The maximum atomic E-state index is 2.50. The van der Waals surface area contributed by atoms with E-state index < -0.39 is 5.41 Å². The third kappa shape index (κ3) is 4.27. The van der Waals surface area contributed by atoms with Gasteiger partial charge in [0, 0.05) is 28.6 Å². The highest BCUT2D eigenvalue weighted by molar-refractivity contribution is 5.98. The second-order valence-corrected chi connectivity index (χ2v) is 13.6. The van der Waals surface area contributed by atoms with Gasteiger partial charge in [-0.3, -0.25) is 0 Å². The van der Waals surface area contributed by atoms with E-state index in [-0.39, 0.29) is 5.92 Å². The van der Waals surface area contributed by atoms with E-state index in [0.29, 0.717) is 5.92 Å². The minimum Gasteiger partial charge on any atom is -0.310 e. The van der Waals surface area contributed by atoms with Crippen LogP contribution in [0, 0.1) is 5.92 Å². The summed E-state index contributed by atoms with van der Waals surface area (Å²) in [5.41, 5.74) is 13.5. The first-order valence-corrected chi connectivity index (χ1v) is 17.6. The number of allylic oxidation sites excluding steroid dienone is 4. The molecule has 3 aliphatic rings. The Balaban J connectivity index is 1.25. The van der Waals surface area contributed by atoms with Gasteiger partial charge in [-0.15, -0.1) is 0 Å². The van der Waals surface area contributed by atoms with Crippen LogP contribution in [0.4, 0.5) is 11.4 Å². The van der Waals surface area contributed by atoms with Crippen molar-refractivity contribution in [2.45, 2.75) is 11.3 Å². The molecule has 0 amide bonds. The minimum absolute atomic E-state index is 0.264. The Labute approximate surface area is 293 Å². The number of hydrogen-bond acceptors (Lipinski definition) is 1. The monoisotopic (exact) mass is 637 g/mol. The maximum Gasteiger partial charge on any atom is 0.0714 e. The van der Waals surface area contributed by atoms with Gasteiger partial charge in [0.15, 0.2) is 0 Å². The molecule has 0 fully saturated rings. The van der Waals surface area contributed by atoms with Crippen molar-refractivity contribution in [1.82, 2.24) is 0 Å². The van der Waals surface area contributed by atoms with Crippen molar-refractivity contribution >= 4 is 28.2 Å². The van der Waals surface area contributed by atoms with Crippen LogP contribution < -0.4 is 4.90 Å². The molecular weight excluding hydrogens is 603 g/mol. The molecule has 0 bridgehead atoms. The Morgan fingerprint density at radius 1 is 0.500 bits per heavy atom. The third-order valence-corrected chi connectivity index (χ3v) is 11.1. The zero-order valence-electron chi connectivity index (χ0n) is 27.7. The van der Waals surface area contributed by atoms with Gasteiger partial charge in [-0.2, -0.15) is 0 Å². The van der Waals surface area contributed by atoms with Crippen molar-refractivity contribution in [1.29, 1.82) is 0 Å². The molecule has 2 atom stereocenters. The standard InChI is InChI=1S/C49H35N/c1-3-17-37(18-4-1)49(38-19-5-2-6-20-38)46-24-12-11-23-43(46)44-31-30-40(33-47(44)49)50(48-25-13-16-34-14-8-10-22-42(34)48)39-29-28-36-27-26-35-15-7-9-21-41(35)45(36)32-39/h1-33,36,45H. The van der Waals surface area contributed by atoms with Crippen LogP contribution in [0.3, 0.4) is 0 Å². The molecule has 0 radical (unpaired) electrons. The van der Waals surface area contributed by atoms with Gasteiger partial charge in [-0.25, -0.2) is 0 Å². The van der Waals surface area contributed by atoms with Crippen LogP contribution in [0.2, 0.25) is 0 Å². The van der Waals surface area contributed by atoms with Gasteiger partial charge in [0.25, 0.3) is 0 Å². The van der Waals surface area contributed by atoms with Crippen LogP contribution in [0.1, 0.15) is 39.3 Å². The summed E-state index contributed by atoms with van der Waals surface area (Å²) in [7, 11) is 0. The minimum atomic E-state index is -0.468. The van der Waals surface area contributed by atoms with Crippen molar-refractivity contribution < 1.29 is 0 Å². The van der Waals surface area contributed by atoms with E-state index in [2.05, 4.69) is 205 Å². The van der Waals surface area contributed by atoms with E-state index in [0.717, 1.165) is 5.69 Å². The van der Waals surface area contributed by atoms with Gasteiger partial charge < -0.3 is 4.90 Å². The van der Waals surface area contributed by atoms with Gasteiger partial charge in [0.1, 0.15) is 0 Å². The number of fused-ring (bicyclic) bond motifs is 7. The van der Waals surface area contributed by atoms with Crippen molar-refractivity contribution in [2.24, 2.45) is 5.92 Å². The molecule has 50 heavy (non-hydrogen) atoms. The number of hydrogen-bond donors (Lipinski definition) is 0. The van der Waals surface area contributed by atoms with E-state index in [1.807, 2.05) is 0 Å². The summed E-state index contributed by atoms with van der Waals surface area (Å²) in [6.45, 7) is 0. The molecular formula is C49H35N. The summed E-state index contributed by atoms with van der Waals surface area (Å²) in [4.78, 5) is 2.50. The summed E-state index contributed by atoms with van der Waals surface area (Å²) in [6.07, 6.45) is 11.9. The molecule has 2 unspecified atom stereocenters. The van der Waals surface area contributed by atoms with E-state index in [4.69, 9.17) is 0 Å². The van der Waals surface area contributed by atoms with Crippen molar-refractivity contribution in [2.75, 3.05) is 4.90 Å². The molecule has 0 spiro atoms. The molecule has 0 saturated heterocycles. The highest BCUT2D eigenvalue weighted by Crippen LogP contribution is 2.57. The summed E-state index contributed by atoms with van der Waals surface area (Å²) in [5.74, 6) is 0.599. The predicted octanol–water partition coefficient (Wildman–Crippen LogP) is 12.2. The Morgan fingerprint density at radius 2 is 1.16 bits per heavy atom. The number of benzene rings is 7. The highest BCUT2D eigenvalue weighted by Gasteiger charge is 2.46. The smallest absolute Gasteiger partial charge is 0.0714 e. The van der Waals surface area contributed by atoms with Gasteiger partial charge in [0.2, 0.25) is 0 Å². The first-order chi connectivity index (χ1) is 24.8. The molecule has 0 saturated carbocycles. The molecule has 10 rings (SSSR count). The maximum absolute atomic E-state index is 2.50. The first-order valence-electron chi connectivity index (χ1n) is 17.6. The normalized spacial score (nSPS) is 17.7. The quantitative estimate of drug-likeness (QED) is 0.181. The summed E-state index contributed by atoms with van der Waals surface area (Å²) < 4.78 is 0. The summed E-state index contributed by atoms with van der Waals surface area (Å²) in [5, 5.41) is 2.47. The average Bonchev–Trinajstić information content (AvgIpc) is 3.49. The Hall–Kier alpha value is -6.18. The zero-order chi connectivity index (χ0) is 33.1. The van der Waals surface area contributed by atoms with Gasteiger partial charge >= 0.3 is 0 Å².